The summed E-state index contributed by atoms with van der Waals surface area (Å²) in [6.45, 7) is 1.30. The molecule has 3 aromatic rings. The Bertz CT molecular complexity index is 1140. The summed E-state index contributed by atoms with van der Waals surface area (Å²) in [6.07, 6.45) is 1.93. The minimum Gasteiger partial charge on any atom is -0.341 e. The highest BCUT2D eigenvalue weighted by Crippen LogP contribution is 2.12. The van der Waals surface area contributed by atoms with Crippen LogP contribution in [0.1, 0.15) is 18.4 Å². The van der Waals surface area contributed by atoms with Crippen LogP contribution in [-0.2, 0) is 17.9 Å². The summed E-state index contributed by atoms with van der Waals surface area (Å²) in [6, 6.07) is 12.4. The van der Waals surface area contributed by atoms with E-state index in [1.54, 1.807) is 29.2 Å². The Hall–Kier alpha value is -3.22. The third kappa shape index (κ3) is 3.35. The molecule has 1 aromatic heterocycles. The Kier molecular flexibility index (Phi) is 4.81. The van der Waals surface area contributed by atoms with Gasteiger partial charge in [0.2, 0.25) is 5.91 Å². The zero-order valence-corrected chi connectivity index (χ0v) is 15.3. The van der Waals surface area contributed by atoms with Crippen molar-refractivity contribution >= 4 is 16.8 Å². The van der Waals surface area contributed by atoms with Gasteiger partial charge in [-0.3, -0.25) is 18.7 Å². The highest BCUT2D eigenvalue weighted by atomic mass is 19.1. The van der Waals surface area contributed by atoms with Gasteiger partial charge in [0.05, 0.1) is 17.4 Å². The van der Waals surface area contributed by atoms with Crippen LogP contribution in [0.3, 0.4) is 0 Å². The van der Waals surface area contributed by atoms with Crippen molar-refractivity contribution in [1.29, 1.82) is 0 Å². The monoisotopic (exact) mass is 381 g/mol. The number of fused-ring (bicyclic) bond motifs is 1. The lowest BCUT2D eigenvalue weighted by molar-refractivity contribution is -0.130. The number of halogens is 1. The lowest BCUT2D eigenvalue weighted by Crippen LogP contribution is -2.43. The fourth-order valence-electron chi connectivity index (χ4n) is 3.64. The third-order valence-corrected chi connectivity index (χ3v) is 5.14. The van der Waals surface area contributed by atoms with Crippen molar-refractivity contribution in [2.75, 3.05) is 13.1 Å². The number of likely N-dealkylation sites (tertiary alicyclic amines) is 1. The molecule has 0 unspecified atom stereocenters. The van der Waals surface area contributed by atoms with Crippen molar-refractivity contribution < 1.29 is 9.18 Å². The minimum absolute atomic E-state index is 0.0146. The number of para-hydroxylation sites is 1. The molecule has 144 valence electrons. The molecule has 0 saturated carbocycles. The normalized spacial score (nSPS) is 14.0. The number of hydrogen-bond donors (Lipinski definition) is 0. The molecule has 28 heavy (non-hydrogen) atoms. The molecule has 1 amide bonds. The molecule has 0 N–H and O–H groups in total. The molecule has 4 rings (SSSR count). The molecule has 0 atom stereocenters. The van der Waals surface area contributed by atoms with Gasteiger partial charge in [-0.05, 0) is 42.7 Å². The van der Waals surface area contributed by atoms with E-state index in [1.165, 1.54) is 28.8 Å². The summed E-state index contributed by atoms with van der Waals surface area (Å²) in [7, 11) is 0. The van der Waals surface area contributed by atoms with E-state index >= 15 is 0 Å². The van der Waals surface area contributed by atoms with Gasteiger partial charge >= 0.3 is 5.69 Å². The second-order valence-corrected chi connectivity index (χ2v) is 6.99. The van der Waals surface area contributed by atoms with Gasteiger partial charge in [0.15, 0.2) is 0 Å². The van der Waals surface area contributed by atoms with E-state index in [0.29, 0.717) is 29.6 Å². The molecule has 0 bridgehead atoms. The summed E-state index contributed by atoms with van der Waals surface area (Å²) < 4.78 is 15.6. The van der Waals surface area contributed by atoms with Crippen LogP contribution in [-0.4, -0.2) is 33.0 Å². The lowest BCUT2D eigenvalue weighted by atomic mass is 10.2. The smallest absolute Gasteiger partial charge is 0.332 e. The van der Waals surface area contributed by atoms with Crippen LogP contribution >= 0.6 is 0 Å². The van der Waals surface area contributed by atoms with Gasteiger partial charge in [-0.1, -0.05) is 24.3 Å². The zero-order chi connectivity index (χ0) is 19.7. The quantitative estimate of drug-likeness (QED) is 0.694. The molecule has 1 saturated heterocycles. The molecule has 7 heteroatoms. The maximum Gasteiger partial charge on any atom is 0.332 e. The largest absolute Gasteiger partial charge is 0.341 e. The van der Waals surface area contributed by atoms with Crippen molar-refractivity contribution in [1.82, 2.24) is 14.0 Å². The average Bonchev–Trinajstić information content (AvgIpc) is 3.25. The number of rotatable bonds is 4. The molecular formula is C21H20FN3O3. The molecule has 2 heterocycles. The van der Waals surface area contributed by atoms with E-state index in [4.69, 9.17) is 0 Å². The van der Waals surface area contributed by atoms with Crippen LogP contribution in [0.25, 0.3) is 10.9 Å². The number of aromatic nitrogens is 2. The Morgan fingerprint density at radius 3 is 2.32 bits per heavy atom. The topological polar surface area (TPSA) is 64.3 Å². The number of carbonyl (C=O) groups excluding carboxylic acids is 1. The SMILES string of the molecule is O=C(Cn1c(=O)n(Cc2ccc(F)cc2)c(=O)c2ccccc21)N1CCCC1. The van der Waals surface area contributed by atoms with Crippen LogP contribution in [0.5, 0.6) is 0 Å². The Balaban J connectivity index is 1.81. The number of benzene rings is 2. The zero-order valence-electron chi connectivity index (χ0n) is 15.3. The van der Waals surface area contributed by atoms with Gasteiger partial charge in [-0.2, -0.15) is 0 Å². The molecular weight excluding hydrogens is 361 g/mol. The maximum atomic E-state index is 13.2. The van der Waals surface area contributed by atoms with Crippen molar-refractivity contribution in [2.45, 2.75) is 25.9 Å². The Labute approximate surface area is 160 Å². The van der Waals surface area contributed by atoms with E-state index in [-0.39, 0.29) is 24.8 Å². The van der Waals surface area contributed by atoms with Crippen LogP contribution in [0.4, 0.5) is 4.39 Å². The number of carbonyl (C=O) groups is 1. The first-order valence-electron chi connectivity index (χ1n) is 9.29. The number of nitrogens with zero attached hydrogens (tertiary/aromatic N) is 3. The third-order valence-electron chi connectivity index (χ3n) is 5.14. The maximum absolute atomic E-state index is 13.2. The van der Waals surface area contributed by atoms with Gasteiger partial charge in [-0.15, -0.1) is 0 Å². The van der Waals surface area contributed by atoms with E-state index < -0.39 is 11.2 Å². The van der Waals surface area contributed by atoms with Gasteiger partial charge < -0.3 is 4.90 Å². The lowest BCUT2D eigenvalue weighted by Gasteiger charge is -2.18. The minimum atomic E-state index is -0.541. The number of hydrogen-bond acceptors (Lipinski definition) is 3. The van der Waals surface area contributed by atoms with Crippen molar-refractivity contribution in [2.24, 2.45) is 0 Å². The van der Waals surface area contributed by atoms with E-state index in [2.05, 4.69) is 0 Å². The van der Waals surface area contributed by atoms with Crippen LogP contribution in [0.2, 0.25) is 0 Å². The second kappa shape index (κ2) is 7.42. The average molecular weight is 381 g/mol. The highest BCUT2D eigenvalue weighted by Gasteiger charge is 2.21. The fraction of sp³-hybridized carbons (Fsp3) is 0.286. The van der Waals surface area contributed by atoms with E-state index in [1.807, 2.05) is 0 Å². The molecule has 6 nitrogen and oxygen atoms in total. The van der Waals surface area contributed by atoms with Crippen LogP contribution in [0.15, 0.2) is 58.1 Å². The van der Waals surface area contributed by atoms with Gasteiger partial charge in [0.1, 0.15) is 12.4 Å². The Morgan fingerprint density at radius 1 is 0.929 bits per heavy atom. The van der Waals surface area contributed by atoms with Crippen LogP contribution < -0.4 is 11.2 Å². The highest BCUT2D eigenvalue weighted by molar-refractivity contribution is 5.81. The first kappa shape index (κ1) is 18.2. The summed E-state index contributed by atoms with van der Waals surface area (Å²) in [5.74, 6) is -0.514. The fourth-order valence-corrected chi connectivity index (χ4v) is 3.64. The number of amides is 1. The van der Waals surface area contributed by atoms with Gasteiger partial charge in [-0.25, -0.2) is 9.18 Å². The van der Waals surface area contributed by atoms with Crippen molar-refractivity contribution in [3.05, 3.63) is 80.7 Å². The standard InChI is InChI=1S/C21H20FN3O3/c22-16-9-7-15(8-10-16)13-25-20(27)17-5-1-2-6-18(17)24(21(25)28)14-19(26)23-11-3-4-12-23/h1-2,5-10H,3-4,11-14H2. The summed E-state index contributed by atoms with van der Waals surface area (Å²) >= 11 is 0. The van der Waals surface area contributed by atoms with Crippen molar-refractivity contribution in [3.63, 3.8) is 0 Å². The summed E-state index contributed by atoms with van der Waals surface area (Å²) in [5.41, 5.74) is 0.115. The van der Waals surface area contributed by atoms with Crippen molar-refractivity contribution in [3.8, 4) is 0 Å². The molecule has 0 aliphatic carbocycles. The summed E-state index contributed by atoms with van der Waals surface area (Å²) in [4.78, 5) is 40.4. The summed E-state index contributed by atoms with van der Waals surface area (Å²) in [5, 5.41) is 0.374. The first-order chi connectivity index (χ1) is 13.5. The van der Waals surface area contributed by atoms with E-state index in [0.717, 1.165) is 17.4 Å². The first-order valence-corrected chi connectivity index (χ1v) is 9.29. The molecule has 0 spiro atoms. The van der Waals surface area contributed by atoms with Crippen LogP contribution in [0, 0.1) is 5.82 Å². The van der Waals surface area contributed by atoms with Gasteiger partial charge in [0, 0.05) is 13.1 Å². The van der Waals surface area contributed by atoms with Gasteiger partial charge in [0.25, 0.3) is 5.56 Å². The van der Waals surface area contributed by atoms with E-state index in [9.17, 15) is 18.8 Å². The second-order valence-electron chi connectivity index (χ2n) is 6.99. The molecule has 1 aliphatic heterocycles. The molecule has 1 aliphatic rings. The molecule has 2 aromatic carbocycles. The Morgan fingerprint density at radius 2 is 1.61 bits per heavy atom. The predicted molar refractivity (Wildman–Crippen MR) is 104 cm³/mol. The molecule has 1 fully saturated rings. The predicted octanol–water partition coefficient (Wildman–Crippen LogP) is 1.97. The molecule has 0 radical (unpaired) electrons.